The van der Waals surface area contributed by atoms with Gasteiger partial charge in [0.1, 0.15) is 5.75 Å². The molecule has 0 radical (unpaired) electrons. The van der Waals surface area contributed by atoms with E-state index in [-0.39, 0.29) is 6.10 Å². The molecule has 1 atom stereocenters. The fourth-order valence-electron chi connectivity index (χ4n) is 1.89. The molecule has 1 aromatic rings. The summed E-state index contributed by atoms with van der Waals surface area (Å²) in [6.07, 6.45) is -0.750. The average Bonchev–Trinajstić information content (AvgIpc) is 2.27. The topological polar surface area (TPSA) is 52.9 Å². The quantitative estimate of drug-likeness (QED) is 0.776. The van der Waals surface area contributed by atoms with E-state index in [4.69, 9.17) is 9.84 Å². The maximum Gasteiger partial charge on any atom is 0.119 e. The van der Waals surface area contributed by atoms with E-state index in [1.807, 2.05) is 29.2 Å². The highest BCUT2D eigenvalue weighted by Gasteiger charge is 2.26. The highest BCUT2D eigenvalue weighted by Crippen LogP contribution is 2.21. The molecule has 1 fully saturated rings. The molecule has 0 spiro atoms. The number of rotatable bonds is 4. The fraction of sp³-hybridized carbons (Fsp3) is 0.500. The second-order valence-electron chi connectivity index (χ2n) is 4.16. The Labute approximate surface area is 95.1 Å². The van der Waals surface area contributed by atoms with Gasteiger partial charge in [-0.3, -0.25) is 4.90 Å². The lowest BCUT2D eigenvalue weighted by molar-refractivity contribution is -0.0222. The number of β-amino-alcohol motifs (C(OH)–C–C–N with tert-alkyl or cyclic N) is 2. The van der Waals surface area contributed by atoms with Crippen molar-refractivity contribution in [3.63, 3.8) is 0 Å². The summed E-state index contributed by atoms with van der Waals surface area (Å²) in [6.45, 7) is 1.87. The van der Waals surface area contributed by atoms with Gasteiger partial charge in [0, 0.05) is 19.6 Å². The molecule has 0 aliphatic carbocycles. The molecule has 16 heavy (non-hydrogen) atoms. The zero-order chi connectivity index (χ0) is 11.5. The Hall–Kier alpha value is -1.10. The number of nitrogens with zero attached hydrogens (tertiary/aromatic N) is 1. The number of likely N-dealkylation sites (tertiary alicyclic amines) is 1. The predicted octanol–water partition coefficient (Wildman–Crippen LogP) is 0.405. The zero-order valence-electron chi connectivity index (χ0n) is 9.34. The fourth-order valence-corrected chi connectivity index (χ4v) is 1.89. The van der Waals surface area contributed by atoms with Gasteiger partial charge >= 0.3 is 0 Å². The molecule has 4 heteroatoms. The van der Waals surface area contributed by atoms with E-state index < -0.39 is 6.10 Å². The highest BCUT2D eigenvalue weighted by molar-refractivity contribution is 5.29. The monoisotopic (exact) mass is 223 g/mol. The van der Waals surface area contributed by atoms with Gasteiger partial charge in [-0.15, -0.1) is 0 Å². The highest BCUT2D eigenvalue weighted by atomic mass is 16.5. The van der Waals surface area contributed by atoms with Crippen LogP contribution in [0.3, 0.4) is 0 Å². The molecule has 0 aromatic heterocycles. The first kappa shape index (κ1) is 11.4. The molecular formula is C12H17NO3. The molecule has 4 nitrogen and oxygen atoms in total. The van der Waals surface area contributed by atoms with Crippen LogP contribution in [-0.4, -0.2) is 48.0 Å². The van der Waals surface area contributed by atoms with Crippen LogP contribution in [0.1, 0.15) is 11.7 Å². The van der Waals surface area contributed by atoms with Gasteiger partial charge in [-0.1, -0.05) is 12.1 Å². The van der Waals surface area contributed by atoms with Gasteiger partial charge in [0.15, 0.2) is 0 Å². The minimum Gasteiger partial charge on any atom is -0.497 e. The van der Waals surface area contributed by atoms with Crippen LogP contribution in [0.5, 0.6) is 5.75 Å². The van der Waals surface area contributed by atoms with Crippen molar-refractivity contribution in [1.29, 1.82) is 0 Å². The van der Waals surface area contributed by atoms with Crippen LogP contribution in [0, 0.1) is 0 Å². The Bertz CT molecular complexity index is 350. The first-order valence-corrected chi connectivity index (χ1v) is 5.41. The van der Waals surface area contributed by atoms with Gasteiger partial charge in [0.25, 0.3) is 0 Å². The summed E-state index contributed by atoms with van der Waals surface area (Å²) < 4.78 is 5.10. The Morgan fingerprint density at radius 1 is 1.50 bits per heavy atom. The summed E-state index contributed by atoms with van der Waals surface area (Å²) in [5.74, 6) is 0.750. The van der Waals surface area contributed by atoms with E-state index in [1.54, 1.807) is 7.11 Å². The molecule has 1 aliphatic rings. The van der Waals surface area contributed by atoms with Crippen molar-refractivity contribution in [2.75, 3.05) is 26.7 Å². The van der Waals surface area contributed by atoms with Crippen LogP contribution in [-0.2, 0) is 0 Å². The number of aliphatic hydroxyl groups is 2. The summed E-state index contributed by atoms with van der Waals surface area (Å²) in [5, 5.41) is 19.1. The van der Waals surface area contributed by atoms with Crippen LogP contribution >= 0.6 is 0 Å². The molecule has 1 saturated heterocycles. The largest absolute Gasteiger partial charge is 0.497 e. The summed E-state index contributed by atoms with van der Waals surface area (Å²) in [5.41, 5.74) is 0.848. The molecule has 1 aromatic carbocycles. The van der Waals surface area contributed by atoms with Crippen molar-refractivity contribution in [3.8, 4) is 5.75 Å². The van der Waals surface area contributed by atoms with Crippen molar-refractivity contribution in [1.82, 2.24) is 4.90 Å². The van der Waals surface area contributed by atoms with Crippen molar-refractivity contribution < 1.29 is 14.9 Å². The second kappa shape index (κ2) is 4.82. The van der Waals surface area contributed by atoms with E-state index >= 15 is 0 Å². The van der Waals surface area contributed by atoms with Crippen molar-refractivity contribution in [2.24, 2.45) is 0 Å². The Balaban J connectivity index is 1.94. The number of benzene rings is 1. The van der Waals surface area contributed by atoms with Gasteiger partial charge in [-0.2, -0.15) is 0 Å². The number of ether oxygens (including phenoxy) is 1. The van der Waals surface area contributed by atoms with E-state index in [9.17, 15) is 5.11 Å². The van der Waals surface area contributed by atoms with Gasteiger partial charge in [0.05, 0.1) is 19.3 Å². The van der Waals surface area contributed by atoms with Crippen molar-refractivity contribution >= 4 is 0 Å². The minimum absolute atomic E-state index is 0.225. The number of aliphatic hydroxyl groups excluding tert-OH is 2. The molecule has 1 unspecified atom stereocenters. The molecule has 0 saturated carbocycles. The first-order chi connectivity index (χ1) is 7.69. The number of hydrogen-bond acceptors (Lipinski definition) is 4. The summed E-state index contributed by atoms with van der Waals surface area (Å²) >= 11 is 0. The van der Waals surface area contributed by atoms with Crippen molar-refractivity contribution in [3.05, 3.63) is 29.8 Å². The molecule has 0 bridgehead atoms. The lowest BCUT2D eigenvalue weighted by Crippen LogP contribution is -2.51. The van der Waals surface area contributed by atoms with Crippen molar-refractivity contribution in [2.45, 2.75) is 12.2 Å². The van der Waals surface area contributed by atoms with Gasteiger partial charge in [0.2, 0.25) is 0 Å². The minimum atomic E-state index is -0.525. The summed E-state index contributed by atoms with van der Waals surface area (Å²) in [6, 6.07) is 7.43. The lowest BCUT2D eigenvalue weighted by atomic mass is 10.1. The Kier molecular flexibility index (Phi) is 3.43. The third-order valence-electron chi connectivity index (χ3n) is 2.85. The first-order valence-electron chi connectivity index (χ1n) is 5.41. The standard InChI is InChI=1S/C12H17NO3/c1-16-11-4-2-3-9(5-11)12(15)8-13-6-10(14)7-13/h2-5,10,12,14-15H,6-8H2,1H3. The Morgan fingerprint density at radius 2 is 2.25 bits per heavy atom. The third kappa shape index (κ3) is 2.52. The smallest absolute Gasteiger partial charge is 0.119 e. The summed E-state index contributed by atoms with van der Waals surface area (Å²) in [4.78, 5) is 2.02. The summed E-state index contributed by atoms with van der Waals surface area (Å²) in [7, 11) is 1.61. The molecule has 1 aliphatic heterocycles. The third-order valence-corrected chi connectivity index (χ3v) is 2.85. The average molecular weight is 223 g/mol. The maximum absolute atomic E-state index is 9.98. The van der Waals surface area contributed by atoms with E-state index in [1.165, 1.54) is 0 Å². The molecule has 2 N–H and O–H groups in total. The lowest BCUT2D eigenvalue weighted by Gasteiger charge is -2.37. The SMILES string of the molecule is COc1cccc(C(O)CN2CC(O)C2)c1. The Morgan fingerprint density at radius 3 is 2.88 bits per heavy atom. The van der Waals surface area contributed by atoms with E-state index in [0.717, 1.165) is 11.3 Å². The number of methoxy groups -OCH3 is 1. The molecule has 1 heterocycles. The maximum atomic E-state index is 9.98. The molecule has 2 rings (SSSR count). The normalized spacial score (nSPS) is 19.2. The van der Waals surface area contributed by atoms with Gasteiger partial charge in [-0.05, 0) is 17.7 Å². The molecular weight excluding hydrogens is 206 g/mol. The van der Waals surface area contributed by atoms with Crippen LogP contribution in [0.4, 0.5) is 0 Å². The van der Waals surface area contributed by atoms with Crippen LogP contribution in [0.15, 0.2) is 24.3 Å². The second-order valence-corrected chi connectivity index (χ2v) is 4.16. The van der Waals surface area contributed by atoms with Crippen LogP contribution < -0.4 is 4.74 Å². The van der Waals surface area contributed by atoms with Crippen LogP contribution in [0.2, 0.25) is 0 Å². The molecule has 88 valence electrons. The van der Waals surface area contributed by atoms with Gasteiger partial charge in [-0.25, -0.2) is 0 Å². The van der Waals surface area contributed by atoms with E-state index in [0.29, 0.717) is 19.6 Å². The van der Waals surface area contributed by atoms with Crippen LogP contribution in [0.25, 0.3) is 0 Å². The van der Waals surface area contributed by atoms with E-state index in [2.05, 4.69) is 0 Å². The predicted molar refractivity (Wildman–Crippen MR) is 60.4 cm³/mol. The zero-order valence-corrected chi connectivity index (χ0v) is 9.34. The number of hydrogen-bond donors (Lipinski definition) is 2. The van der Waals surface area contributed by atoms with Gasteiger partial charge < -0.3 is 14.9 Å². The molecule has 0 amide bonds.